The molecule has 0 spiro atoms. The van der Waals surface area contributed by atoms with Gasteiger partial charge in [0.1, 0.15) is 30.5 Å². The highest BCUT2D eigenvalue weighted by atomic mass is 16.6. The maximum absolute atomic E-state index is 14.5. The number of methoxy groups -OCH3 is 2. The topological polar surface area (TPSA) is 270 Å². The number of piperidine rings is 1. The maximum Gasteiger partial charge on any atom is 0.407 e. The number of nitrogens with two attached hydrogens (primary N) is 1. The summed E-state index contributed by atoms with van der Waals surface area (Å²) in [6.45, 7) is 16.7. The van der Waals surface area contributed by atoms with Gasteiger partial charge in [-0.05, 0) is 127 Å². The van der Waals surface area contributed by atoms with E-state index in [1.54, 1.807) is 41.1 Å². The number of cyclic esters (lactones) is 1. The van der Waals surface area contributed by atoms with Gasteiger partial charge in [-0.2, -0.15) is 0 Å². The lowest BCUT2D eigenvalue weighted by Gasteiger charge is -2.42. The highest BCUT2D eigenvalue weighted by Crippen LogP contribution is 2.37. The number of ketones is 2. The molecule has 3 heterocycles. The summed E-state index contributed by atoms with van der Waals surface area (Å²) >= 11 is 0. The van der Waals surface area contributed by atoms with Crippen LogP contribution < -0.4 is 11.1 Å². The molecule has 1 saturated carbocycles. The highest BCUT2D eigenvalue weighted by molar-refractivity contribution is 6.39. The predicted octanol–water partition coefficient (Wildman–Crippen LogP) is 5.86. The molecule has 0 unspecified atom stereocenters. The third kappa shape index (κ3) is 22.0. The molecule has 2 amide bonds. The molecule has 15 atom stereocenters. The minimum Gasteiger partial charge on any atom is -0.459 e. The van der Waals surface area contributed by atoms with E-state index in [1.807, 2.05) is 58.1 Å². The molecule has 3 fully saturated rings. The standard InChI is InChI=1S/C60H99N3O17/c1-10-74-28-29-76-32-33-77-31-30-75-27-25-62-59(70)79-50-24-21-45(37-52(50)73-9)36-47(61)49-23-19-40(3)35-43(6)54(65)55(66)53(64)42(5)34-39(2)16-12-11-13-17-41(4)51(72-8)38-46-22-20-44(7)60(71,80-46)56(67)57(68)63-26-15-14-18-48(63)58(69)78-49/h11-13,16-17,35,39-40,42,44-52,54-55,65-66,71H,10,14-15,18-34,36-38,61H2,1-9H3,(H,62,70)/b13-11+,16-12+,41-17+,43-35+/t39-,40+,42-,44-,45+,46+,47-,48+,49+,50-,51+,52-,54-,55+,60-/m1/s1. The molecule has 456 valence electrons. The number of hydrogen-bond donors (Lipinski definition) is 5. The minimum atomic E-state index is -2.44. The molecule has 0 aromatic rings. The number of hydrogen-bond acceptors (Lipinski definition) is 18. The van der Waals surface area contributed by atoms with Crippen LogP contribution in [-0.4, -0.2) is 191 Å². The average Bonchev–Trinajstić information content (AvgIpc) is 3.55. The van der Waals surface area contributed by atoms with E-state index in [2.05, 4.69) is 5.32 Å². The lowest BCUT2D eigenvalue weighted by atomic mass is 9.80. The number of nitrogens with one attached hydrogen (secondary N) is 1. The Bertz CT molecular complexity index is 2030. The van der Waals surface area contributed by atoms with E-state index in [-0.39, 0.29) is 50.3 Å². The van der Waals surface area contributed by atoms with Crippen LogP contribution in [0.5, 0.6) is 0 Å². The second kappa shape index (κ2) is 35.9. The number of Topliss-reactive ketones (excluding diaryl/α,β-unsaturated/α-hetero) is 2. The van der Waals surface area contributed by atoms with Gasteiger partial charge in [0.2, 0.25) is 5.79 Å². The van der Waals surface area contributed by atoms with Crippen molar-refractivity contribution in [2.75, 3.05) is 80.2 Å². The minimum absolute atomic E-state index is 0.0121. The van der Waals surface area contributed by atoms with Crippen LogP contribution in [0.25, 0.3) is 0 Å². The lowest BCUT2D eigenvalue weighted by molar-refractivity contribution is -0.265. The first-order valence-corrected chi connectivity index (χ1v) is 29.4. The fourth-order valence-electron chi connectivity index (χ4n) is 11.2. The van der Waals surface area contributed by atoms with Crippen molar-refractivity contribution in [1.29, 1.82) is 0 Å². The Morgan fingerprint density at radius 1 is 0.775 bits per heavy atom. The molecule has 0 radical (unpaired) electrons. The number of allylic oxidation sites excluding steroid dienone is 6. The quantitative estimate of drug-likeness (QED) is 0.0439. The first kappa shape index (κ1) is 68.6. The fourth-order valence-corrected chi connectivity index (χ4v) is 11.2. The Labute approximate surface area is 475 Å². The molecule has 2 bridgehead atoms. The summed E-state index contributed by atoms with van der Waals surface area (Å²) in [6, 6.07) is -1.84. The van der Waals surface area contributed by atoms with Crippen molar-refractivity contribution in [2.24, 2.45) is 35.3 Å². The molecule has 6 N–H and O–H groups in total. The number of amides is 2. The van der Waals surface area contributed by atoms with Crippen LogP contribution in [0.1, 0.15) is 132 Å². The number of alkyl carbamates (subject to hydrolysis) is 1. The lowest BCUT2D eigenvalue weighted by Crippen LogP contribution is -2.61. The van der Waals surface area contributed by atoms with E-state index in [9.17, 15) is 39.3 Å². The van der Waals surface area contributed by atoms with Crippen molar-refractivity contribution >= 4 is 29.5 Å². The molecular weight excluding hydrogens is 1030 g/mol. The average molecular weight is 1130 g/mol. The van der Waals surface area contributed by atoms with Crippen LogP contribution >= 0.6 is 0 Å². The molecular formula is C60H99N3O17. The van der Waals surface area contributed by atoms with Crippen molar-refractivity contribution in [3.63, 3.8) is 0 Å². The number of esters is 1. The summed E-state index contributed by atoms with van der Waals surface area (Å²) in [5.41, 5.74) is 8.32. The van der Waals surface area contributed by atoms with Crippen LogP contribution in [-0.2, 0) is 61.8 Å². The normalized spacial score (nSPS) is 34.9. The summed E-state index contributed by atoms with van der Waals surface area (Å²) in [5, 5.41) is 37.1. The van der Waals surface area contributed by atoms with Gasteiger partial charge < -0.3 is 73.9 Å². The van der Waals surface area contributed by atoms with E-state index < -0.39 is 102 Å². The van der Waals surface area contributed by atoms with Crippen LogP contribution in [0.15, 0.2) is 47.6 Å². The molecule has 80 heavy (non-hydrogen) atoms. The van der Waals surface area contributed by atoms with Crippen LogP contribution in [0.3, 0.4) is 0 Å². The number of ether oxygens (including phenoxy) is 9. The number of nitrogens with zero attached hydrogens (tertiary/aromatic N) is 1. The monoisotopic (exact) mass is 1130 g/mol. The van der Waals surface area contributed by atoms with E-state index in [1.165, 1.54) is 4.90 Å². The summed E-state index contributed by atoms with van der Waals surface area (Å²) in [4.78, 5) is 70.7. The first-order chi connectivity index (χ1) is 38.2. The molecule has 0 aromatic heterocycles. The number of rotatable bonds is 19. The maximum atomic E-state index is 14.5. The molecule has 2 saturated heterocycles. The Kier molecular flexibility index (Phi) is 30.8. The molecule has 20 heteroatoms. The van der Waals surface area contributed by atoms with Gasteiger partial charge in [0.25, 0.3) is 11.7 Å². The highest BCUT2D eigenvalue weighted by Gasteiger charge is 2.53. The van der Waals surface area contributed by atoms with E-state index in [0.717, 1.165) is 5.57 Å². The Balaban J connectivity index is 1.49. The Hall–Kier alpha value is -3.93. The number of fused-ring (bicyclic) bond motifs is 3. The van der Waals surface area contributed by atoms with E-state index in [0.29, 0.717) is 122 Å². The second-order valence-corrected chi connectivity index (χ2v) is 22.5. The summed E-state index contributed by atoms with van der Waals surface area (Å²) in [6.07, 6.45) is 10.4. The van der Waals surface area contributed by atoms with Crippen molar-refractivity contribution < 1.29 is 81.9 Å². The second-order valence-electron chi connectivity index (χ2n) is 22.5. The van der Waals surface area contributed by atoms with Crippen LogP contribution in [0.2, 0.25) is 0 Å². The van der Waals surface area contributed by atoms with Gasteiger partial charge in [-0.25, -0.2) is 9.59 Å². The number of aliphatic hydroxyl groups excluding tert-OH is 2. The zero-order valence-electron chi connectivity index (χ0n) is 49.4. The summed E-state index contributed by atoms with van der Waals surface area (Å²) in [7, 11) is 3.13. The Morgan fingerprint density at radius 3 is 2.14 bits per heavy atom. The molecule has 3 aliphatic heterocycles. The molecule has 20 nitrogen and oxygen atoms in total. The van der Waals surface area contributed by atoms with E-state index in [4.69, 9.17) is 48.4 Å². The fraction of sp³-hybridized carbons (Fsp3) is 0.783. The van der Waals surface area contributed by atoms with E-state index >= 15 is 0 Å². The van der Waals surface area contributed by atoms with Gasteiger partial charge in [-0.1, -0.05) is 64.2 Å². The number of carbonyl (C=O) groups excluding carboxylic acids is 5. The van der Waals surface area contributed by atoms with Crippen LogP contribution in [0, 0.1) is 29.6 Å². The van der Waals surface area contributed by atoms with Crippen molar-refractivity contribution in [3.05, 3.63) is 47.6 Å². The molecule has 0 aromatic carbocycles. The number of aliphatic hydroxyl groups is 3. The summed E-state index contributed by atoms with van der Waals surface area (Å²) in [5.74, 6) is -7.32. The molecule has 4 rings (SSSR count). The van der Waals surface area contributed by atoms with Crippen LogP contribution in [0.4, 0.5) is 4.79 Å². The zero-order chi connectivity index (χ0) is 58.8. The number of carbonyl (C=O) groups is 5. The first-order valence-electron chi connectivity index (χ1n) is 29.4. The SMILES string of the molecule is CCOCCOCCOCCOCCNC(=O)O[C@@H]1CC[C@@H](C[C@@H](N)[C@@H]2CC[C@H](C)/C=C(\C)[C@@H](O)[C@@H](O)C(=O)[C@H](C)C[C@H](C)/C=C/C=C/C=C(\C)[C@@H](OC)C[C@@H]3CC[C@@H](C)[C@@](O)(O3)C(=O)C(=O)N3CCCC[C@H]3C(=O)O2)C[C@H]1OC. The van der Waals surface area contributed by atoms with Gasteiger partial charge in [0.15, 0.2) is 5.78 Å². The summed E-state index contributed by atoms with van der Waals surface area (Å²) < 4.78 is 51.8. The van der Waals surface area contributed by atoms with Crippen molar-refractivity contribution in [3.8, 4) is 0 Å². The third-order valence-corrected chi connectivity index (χ3v) is 16.1. The van der Waals surface area contributed by atoms with Gasteiger partial charge in [0.05, 0.1) is 64.6 Å². The smallest absolute Gasteiger partial charge is 0.407 e. The van der Waals surface area contributed by atoms with Crippen molar-refractivity contribution in [2.45, 2.75) is 193 Å². The zero-order valence-corrected chi connectivity index (χ0v) is 49.4. The molecule has 4 aliphatic rings. The van der Waals surface area contributed by atoms with Gasteiger partial charge in [0, 0.05) is 58.2 Å². The van der Waals surface area contributed by atoms with Crippen molar-refractivity contribution in [1.82, 2.24) is 10.2 Å². The van der Waals surface area contributed by atoms with Gasteiger partial charge in [-0.3, -0.25) is 14.4 Å². The predicted molar refractivity (Wildman–Crippen MR) is 300 cm³/mol. The van der Waals surface area contributed by atoms with Gasteiger partial charge >= 0.3 is 12.1 Å². The Morgan fingerprint density at radius 2 is 1.46 bits per heavy atom. The largest absolute Gasteiger partial charge is 0.459 e. The van der Waals surface area contributed by atoms with Gasteiger partial charge in [-0.15, -0.1) is 0 Å². The third-order valence-electron chi connectivity index (χ3n) is 16.1. The molecule has 1 aliphatic carbocycles.